The first-order chi connectivity index (χ1) is 14.3. The number of rotatable bonds is 4. The van der Waals surface area contributed by atoms with Crippen molar-refractivity contribution in [2.24, 2.45) is 5.92 Å². The molecule has 6 heteroatoms. The molecule has 0 saturated carbocycles. The van der Waals surface area contributed by atoms with Gasteiger partial charge in [0, 0.05) is 17.5 Å². The topological polar surface area (TPSA) is 73.9 Å². The number of fused-ring (bicyclic) bond motifs is 2. The molecule has 0 aliphatic carbocycles. The van der Waals surface area contributed by atoms with E-state index in [1.165, 1.54) is 0 Å². The predicted molar refractivity (Wildman–Crippen MR) is 114 cm³/mol. The SMILES string of the molecule is O=C(Nc1cccc2cccnc12)C1CCN(Cc2nc3ccccc3[nH]2)CC1. The predicted octanol–water partition coefficient (Wildman–Crippen LogP) is 3.96. The van der Waals surface area contributed by atoms with Crippen LogP contribution in [0.15, 0.2) is 60.8 Å². The number of nitrogens with zero attached hydrogens (tertiary/aromatic N) is 3. The maximum atomic E-state index is 12.8. The Labute approximate surface area is 169 Å². The Morgan fingerprint density at radius 2 is 1.90 bits per heavy atom. The molecular formula is C23H23N5O. The molecule has 6 nitrogen and oxygen atoms in total. The van der Waals surface area contributed by atoms with Crippen LogP contribution in [0.3, 0.4) is 0 Å². The number of anilines is 1. The quantitative estimate of drug-likeness (QED) is 0.558. The lowest BCUT2D eigenvalue weighted by Gasteiger charge is -2.30. The number of hydrogen-bond acceptors (Lipinski definition) is 4. The monoisotopic (exact) mass is 385 g/mol. The Balaban J connectivity index is 1.20. The molecule has 2 N–H and O–H groups in total. The first-order valence-electron chi connectivity index (χ1n) is 10.1. The zero-order chi connectivity index (χ0) is 19.6. The summed E-state index contributed by atoms with van der Waals surface area (Å²) in [5.41, 5.74) is 3.70. The van der Waals surface area contributed by atoms with Gasteiger partial charge in [-0.25, -0.2) is 4.98 Å². The van der Waals surface area contributed by atoms with E-state index in [4.69, 9.17) is 0 Å². The van der Waals surface area contributed by atoms with E-state index in [0.717, 1.165) is 65.9 Å². The van der Waals surface area contributed by atoms with Crippen LogP contribution in [0.25, 0.3) is 21.9 Å². The highest BCUT2D eigenvalue weighted by atomic mass is 16.1. The van der Waals surface area contributed by atoms with Crippen molar-refractivity contribution in [3.63, 3.8) is 0 Å². The highest BCUT2D eigenvalue weighted by Crippen LogP contribution is 2.24. The molecule has 0 bridgehead atoms. The summed E-state index contributed by atoms with van der Waals surface area (Å²) in [6, 6.07) is 17.9. The van der Waals surface area contributed by atoms with Crippen molar-refractivity contribution in [3.8, 4) is 0 Å². The molecule has 1 aliphatic heterocycles. The lowest BCUT2D eigenvalue weighted by molar-refractivity contribution is -0.121. The minimum absolute atomic E-state index is 0.0286. The molecule has 4 aromatic rings. The fourth-order valence-electron chi connectivity index (χ4n) is 4.09. The molecule has 1 aliphatic rings. The molecular weight excluding hydrogens is 362 g/mol. The van der Waals surface area contributed by atoms with Crippen LogP contribution in [-0.4, -0.2) is 38.8 Å². The number of carbonyl (C=O) groups excluding carboxylic acids is 1. The number of carbonyl (C=O) groups is 1. The molecule has 1 amide bonds. The van der Waals surface area contributed by atoms with Crippen LogP contribution in [0.1, 0.15) is 18.7 Å². The Hall–Kier alpha value is -3.25. The summed E-state index contributed by atoms with van der Waals surface area (Å²) in [7, 11) is 0. The molecule has 2 aromatic heterocycles. The largest absolute Gasteiger partial charge is 0.341 e. The van der Waals surface area contributed by atoms with E-state index in [0.29, 0.717) is 0 Å². The third-order valence-electron chi connectivity index (χ3n) is 5.66. The maximum Gasteiger partial charge on any atom is 0.227 e. The van der Waals surface area contributed by atoms with E-state index >= 15 is 0 Å². The second-order valence-corrected chi connectivity index (χ2v) is 7.62. The number of aromatic nitrogens is 3. The van der Waals surface area contributed by atoms with Gasteiger partial charge in [0.05, 0.1) is 28.8 Å². The number of likely N-dealkylation sites (tertiary alicyclic amines) is 1. The molecule has 3 heterocycles. The fourth-order valence-corrected chi connectivity index (χ4v) is 4.09. The molecule has 0 unspecified atom stereocenters. The summed E-state index contributed by atoms with van der Waals surface area (Å²) in [6.07, 6.45) is 3.46. The zero-order valence-corrected chi connectivity index (χ0v) is 16.1. The van der Waals surface area contributed by atoms with Gasteiger partial charge in [-0.3, -0.25) is 14.7 Å². The smallest absolute Gasteiger partial charge is 0.227 e. The number of imidazole rings is 1. The number of aromatic amines is 1. The number of piperidine rings is 1. The third kappa shape index (κ3) is 3.71. The van der Waals surface area contributed by atoms with Crippen molar-refractivity contribution in [1.82, 2.24) is 19.9 Å². The number of pyridine rings is 1. The van der Waals surface area contributed by atoms with Crippen molar-refractivity contribution in [2.75, 3.05) is 18.4 Å². The van der Waals surface area contributed by atoms with Crippen molar-refractivity contribution < 1.29 is 4.79 Å². The summed E-state index contributed by atoms with van der Waals surface area (Å²) in [5.74, 6) is 1.10. The number of hydrogen-bond donors (Lipinski definition) is 2. The van der Waals surface area contributed by atoms with Gasteiger partial charge in [-0.2, -0.15) is 0 Å². The number of H-pyrrole nitrogens is 1. The first kappa shape index (κ1) is 17.8. The van der Waals surface area contributed by atoms with Crippen molar-refractivity contribution >= 4 is 33.5 Å². The van der Waals surface area contributed by atoms with Gasteiger partial charge in [0.15, 0.2) is 0 Å². The lowest BCUT2D eigenvalue weighted by Crippen LogP contribution is -2.38. The Kier molecular flexibility index (Phi) is 4.69. The molecule has 1 fully saturated rings. The maximum absolute atomic E-state index is 12.8. The Bertz CT molecular complexity index is 1120. The minimum atomic E-state index is 0.0286. The summed E-state index contributed by atoms with van der Waals surface area (Å²) in [5, 5.41) is 4.13. The highest BCUT2D eigenvalue weighted by molar-refractivity contribution is 6.01. The van der Waals surface area contributed by atoms with Crippen LogP contribution in [0.2, 0.25) is 0 Å². The average Bonchev–Trinajstić information content (AvgIpc) is 3.17. The van der Waals surface area contributed by atoms with Gasteiger partial charge in [-0.15, -0.1) is 0 Å². The minimum Gasteiger partial charge on any atom is -0.341 e. The molecule has 2 aromatic carbocycles. The van der Waals surface area contributed by atoms with Gasteiger partial charge in [0.1, 0.15) is 5.82 Å². The molecule has 0 spiro atoms. The standard InChI is InChI=1S/C23H23N5O/c29-23(27-20-9-3-5-16-6-4-12-24-22(16)20)17-10-13-28(14-11-17)15-21-25-18-7-1-2-8-19(18)26-21/h1-9,12,17H,10-11,13-15H2,(H,25,26)(H,27,29). The molecule has 5 rings (SSSR count). The van der Waals surface area contributed by atoms with Gasteiger partial charge in [0.25, 0.3) is 0 Å². The van der Waals surface area contributed by atoms with Gasteiger partial charge in [-0.05, 0) is 50.2 Å². The molecule has 146 valence electrons. The van der Waals surface area contributed by atoms with Crippen molar-refractivity contribution in [1.29, 1.82) is 0 Å². The number of benzene rings is 2. The molecule has 29 heavy (non-hydrogen) atoms. The highest BCUT2D eigenvalue weighted by Gasteiger charge is 2.26. The molecule has 0 radical (unpaired) electrons. The first-order valence-corrected chi connectivity index (χ1v) is 10.1. The number of para-hydroxylation sites is 3. The van der Waals surface area contributed by atoms with Crippen molar-refractivity contribution in [3.05, 3.63) is 66.6 Å². The van der Waals surface area contributed by atoms with E-state index in [1.54, 1.807) is 6.20 Å². The van der Waals surface area contributed by atoms with Crippen LogP contribution < -0.4 is 5.32 Å². The van der Waals surface area contributed by atoms with E-state index in [2.05, 4.69) is 25.2 Å². The van der Waals surface area contributed by atoms with E-state index < -0.39 is 0 Å². The summed E-state index contributed by atoms with van der Waals surface area (Å²) < 4.78 is 0. The zero-order valence-electron chi connectivity index (χ0n) is 16.1. The van der Waals surface area contributed by atoms with E-state index in [1.807, 2.05) is 54.6 Å². The summed E-state index contributed by atoms with van der Waals surface area (Å²) >= 11 is 0. The van der Waals surface area contributed by atoms with Crippen LogP contribution in [0.5, 0.6) is 0 Å². The molecule has 1 saturated heterocycles. The van der Waals surface area contributed by atoms with Gasteiger partial charge in [-0.1, -0.05) is 30.3 Å². The number of amides is 1. The average molecular weight is 385 g/mol. The normalized spacial score (nSPS) is 15.7. The van der Waals surface area contributed by atoms with Crippen LogP contribution in [0, 0.1) is 5.92 Å². The van der Waals surface area contributed by atoms with Crippen molar-refractivity contribution in [2.45, 2.75) is 19.4 Å². The van der Waals surface area contributed by atoms with E-state index in [-0.39, 0.29) is 11.8 Å². The second kappa shape index (κ2) is 7.64. The van der Waals surface area contributed by atoms with E-state index in [9.17, 15) is 4.79 Å². The van der Waals surface area contributed by atoms with Crippen LogP contribution in [0.4, 0.5) is 5.69 Å². The second-order valence-electron chi connectivity index (χ2n) is 7.62. The van der Waals surface area contributed by atoms with Gasteiger partial charge < -0.3 is 10.3 Å². The van der Waals surface area contributed by atoms with Crippen LogP contribution >= 0.6 is 0 Å². The number of nitrogens with one attached hydrogen (secondary N) is 2. The fraction of sp³-hybridized carbons (Fsp3) is 0.261. The van der Waals surface area contributed by atoms with Crippen LogP contribution in [-0.2, 0) is 11.3 Å². The Morgan fingerprint density at radius 3 is 2.76 bits per heavy atom. The third-order valence-corrected chi connectivity index (χ3v) is 5.66. The summed E-state index contributed by atoms with van der Waals surface area (Å²) in [4.78, 5) is 27.7. The lowest BCUT2D eigenvalue weighted by atomic mass is 9.95. The summed E-state index contributed by atoms with van der Waals surface area (Å²) in [6.45, 7) is 2.57. The van der Waals surface area contributed by atoms with Gasteiger partial charge >= 0.3 is 0 Å². The van der Waals surface area contributed by atoms with Gasteiger partial charge in [0.2, 0.25) is 5.91 Å². The molecule has 0 atom stereocenters. The Morgan fingerprint density at radius 1 is 1.07 bits per heavy atom.